The number of hydrogen-bond acceptors (Lipinski definition) is 4. The Morgan fingerprint density at radius 1 is 1.22 bits per heavy atom. The van der Waals surface area contributed by atoms with Crippen LogP contribution in [0.5, 0.6) is 0 Å². The van der Waals surface area contributed by atoms with Crippen molar-refractivity contribution in [3.05, 3.63) is 0 Å². The van der Waals surface area contributed by atoms with Gasteiger partial charge in [0.15, 0.2) is 0 Å². The van der Waals surface area contributed by atoms with Crippen LogP contribution in [0, 0.1) is 11.8 Å². The van der Waals surface area contributed by atoms with E-state index in [1.54, 1.807) is 0 Å². The molecule has 4 nitrogen and oxygen atoms in total. The van der Waals surface area contributed by atoms with E-state index in [1.807, 2.05) is 0 Å². The molecule has 3 aliphatic rings. The first-order valence-corrected chi connectivity index (χ1v) is 7.43. The second kappa shape index (κ2) is 5.17. The molecule has 0 unspecified atom stereocenters. The van der Waals surface area contributed by atoms with Crippen LogP contribution in [-0.4, -0.2) is 46.2 Å². The van der Waals surface area contributed by atoms with Crippen LogP contribution in [0.1, 0.15) is 44.9 Å². The summed E-state index contributed by atoms with van der Waals surface area (Å²) in [6, 6.07) is 0.857. The van der Waals surface area contributed by atoms with E-state index >= 15 is 0 Å². The molecule has 0 amide bonds. The summed E-state index contributed by atoms with van der Waals surface area (Å²) in [5.74, 6) is 1.22. The Bertz CT molecular complexity index is 330. The third-order valence-corrected chi connectivity index (χ3v) is 5.25. The highest BCUT2D eigenvalue weighted by Gasteiger charge is 2.49. The Kier molecular flexibility index (Phi) is 3.57. The molecule has 2 N–H and O–H groups in total. The Balaban J connectivity index is 1.79. The van der Waals surface area contributed by atoms with E-state index in [-0.39, 0.29) is 6.61 Å². The normalized spacial score (nSPS) is 42.8. The van der Waals surface area contributed by atoms with Crippen LogP contribution < -0.4 is 0 Å². The molecule has 0 spiro atoms. The Morgan fingerprint density at radius 2 is 2.11 bits per heavy atom. The summed E-state index contributed by atoms with van der Waals surface area (Å²) in [5, 5.41) is 22.2. The van der Waals surface area contributed by atoms with E-state index in [1.165, 1.54) is 38.5 Å². The van der Waals surface area contributed by atoms with Crippen molar-refractivity contribution in [2.24, 2.45) is 17.0 Å². The number of aliphatic hydroxyl groups excluding tert-OH is 1. The number of piperidine rings is 1. The molecule has 2 bridgehead atoms. The second-order valence-electron chi connectivity index (χ2n) is 6.14. The smallest absolute Gasteiger partial charge is 0.0775 e. The molecular weight excluding hydrogens is 228 g/mol. The fourth-order valence-electron chi connectivity index (χ4n) is 4.48. The van der Waals surface area contributed by atoms with Gasteiger partial charge in [-0.15, -0.1) is 0 Å². The average Bonchev–Trinajstić information content (AvgIpc) is 2.99. The van der Waals surface area contributed by atoms with Crippen LogP contribution in [0.2, 0.25) is 0 Å². The van der Waals surface area contributed by atoms with Crippen molar-refractivity contribution in [1.82, 2.24) is 4.90 Å². The maximum absolute atomic E-state index is 9.32. The fourth-order valence-corrected chi connectivity index (χ4v) is 4.48. The number of hydrogen-bond donors (Lipinski definition) is 2. The molecule has 0 aromatic rings. The average molecular weight is 252 g/mol. The van der Waals surface area contributed by atoms with E-state index in [0.29, 0.717) is 23.9 Å². The van der Waals surface area contributed by atoms with Crippen molar-refractivity contribution >= 4 is 5.71 Å². The number of rotatable bonds is 3. The van der Waals surface area contributed by atoms with Crippen molar-refractivity contribution in [3.63, 3.8) is 0 Å². The summed E-state index contributed by atoms with van der Waals surface area (Å²) < 4.78 is 0. The van der Waals surface area contributed by atoms with Gasteiger partial charge in [0.1, 0.15) is 0 Å². The lowest BCUT2D eigenvalue weighted by Gasteiger charge is -2.43. The van der Waals surface area contributed by atoms with Gasteiger partial charge in [0.2, 0.25) is 0 Å². The Labute approximate surface area is 109 Å². The van der Waals surface area contributed by atoms with E-state index in [9.17, 15) is 10.3 Å². The Hall–Kier alpha value is -0.610. The number of fused-ring (bicyclic) bond motifs is 2. The number of aliphatic hydroxyl groups is 1. The van der Waals surface area contributed by atoms with E-state index in [0.717, 1.165) is 18.7 Å². The van der Waals surface area contributed by atoms with Gasteiger partial charge in [-0.2, -0.15) is 0 Å². The molecule has 1 heterocycles. The molecule has 2 saturated carbocycles. The molecule has 1 saturated heterocycles. The summed E-state index contributed by atoms with van der Waals surface area (Å²) in [7, 11) is 0. The van der Waals surface area contributed by atoms with E-state index in [2.05, 4.69) is 10.1 Å². The monoisotopic (exact) mass is 252 g/mol. The molecule has 2 aliphatic carbocycles. The summed E-state index contributed by atoms with van der Waals surface area (Å²) in [6.07, 6.45) is 8.28. The van der Waals surface area contributed by atoms with E-state index < -0.39 is 0 Å². The summed E-state index contributed by atoms with van der Waals surface area (Å²) in [5.41, 5.74) is 1.04. The fraction of sp³-hybridized carbons (Fsp3) is 0.929. The highest BCUT2D eigenvalue weighted by molar-refractivity contribution is 5.94. The third-order valence-electron chi connectivity index (χ3n) is 5.25. The lowest BCUT2D eigenvalue weighted by atomic mass is 9.88. The highest BCUT2D eigenvalue weighted by atomic mass is 16.4. The molecule has 4 atom stereocenters. The first kappa shape index (κ1) is 12.4. The summed E-state index contributed by atoms with van der Waals surface area (Å²) >= 11 is 0. The van der Waals surface area contributed by atoms with Crippen LogP contribution in [0.25, 0.3) is 0 Å². The van der Waals surface area contributed by atoms with Gasteiger partial charge in [-0.05, 0) is 51.0 Å². The molecular formula is C14H24N2O2. The SMILES string of the molecule is OCC[C@@H]1CCCCN1[C@H]1/C(=N\O)[C@H]2CC[C@@H]1C2. The minimum Gasteiger partial charge on any atom is -0.411 e. The lowest BCUT2D eigenvalue weighted by Crippen LogP contribution is -2.52. The van der Waals surface area contributed by atoms with Gasteiger partial charge in [0.25, 0.3) is 0 Å². The van der Waals surface area contributed by atoms with Crippen LogP contribution >= 0.6 is 0 Å². The second-order valence-corrected chi connectivity index (χ2v) is 6.14. The molecule has 1 aliphatic heterocycles. The maximum atomic E-state index is 9.32. The van der Waals surface area contributed by atoms with E-state index in [4.69, 9.17) is 0 Å². The molecule has 4 heteroatoms. The van der Waals surface area contributed by atoms with Gasteiger partial charge in [-0.3, -0.25) is 4.90 Å². The van der Waals surface area contributed by atoms with Gasteiger partial charge >= 0.3 is 0 Å². The molecule has 0 aromatic carbocycles. The topological polar surface area (TPSA) is 56.1 Å². The molecule has 3 rings (SSSR count). The zero-order valence-corrected chi connectivity index (χ0v) is 11.0. The number of oxime groups is 1. The molecule has 18 heavy (non-hydrogen) atoms. The minimum atomic E-state index is 0.271. The Morgan fingerprint density at radius 3 is 2.89 bits per heavy atom. The zero-order valence-electron chi connectivity index (χ0n) is 11.0. The van der Waals surface area contributed by atoms with Crippen molar-refractivity contribution in [2.45, 2.75) is 57.0 Å². The summed E-state index contributed by atoms with van der Waals surface area (Å²) in [4.78, 5) is 2.54. The van der Waals surface area contributed by atoms with Gasteiger partial charge < -0.3 is 10.3 Å². The van der Waals surface area contributed by atoms with Crippen molar-refractivity contribution < 1.29 is 10.3 Å². The molecule has 0 aromatic heterocycles. The number of nitrogens with zero attached hydrogens (tertiary/aromatic N) is 2. The first-order chi connectivity index (χ1) is 8.85. The van der Waals surface area contributed by atoms with Gasteiger partial charge in [0, 0.05) is 18.6 Å². The zero-order chi connectivity index (χ0) is 12.5. The minimum absolute atomic E-state index is 0.271. The number of likely N-dealkylation sites (tertiary alicyclic amines) is 1. The van der Waals surface area contributed by atoms with Crippen LogP contribution in [0.3, 0.4) is 0 Å². The lowest BCUT2D eigenvalue weighted by molar-refractivity contribution is 0.0795. The third kappa shape index (κ3) is 1.95. The van der Waals surface area contributed by atoms with Gasteiger partial charge in [0.05, 0.1) is 11.8 Å². The molecule has 3 fully saturated rings. The quantitative estimate of drug-likeness (QED) is 0.595. The van der Waals surface area contributed by atoms with Gasteiger partial charge in [-0.25, -0.2) is 0 Å². The van der Waals surface area contributed by atoms with Crippen LogP contribution in [0.4, 0.5) is 0 Å². The largest absolute Gasteiger partial charge is 0.411 e. The highest BCUT2D eigenvalue weighted by Crippen LogP contribution is 2.46. The van der Waals surface area contributed by atoms with Crippen molar-refractivity contribution in [3.8, 4) is 0 Å². The standard InChI is InChI=1S/C14H24N2O2/c17-8-6-12-3-1-2-7-16(12)14-11-5-4-10(9-11)13(14)15-18/h10-12,14,17-18H,1-9H2/b15-13-/t10-,11+,12-,14+/m0/s1. The predicted molar refractivity (Wildman–Crippen MR) is 69.9 cm³/mol. The van der Waals surface area contributed by atoms with Crippen molar-refractivity contribution in [1.29, 1.82) is 0 Å². The van der Waals surface area contributed by atoms with Crippen LogP contribution in [0.15, 0.2) is 5.16 Å². The van der Waals surface area contributed by atoms with Crippen molar-refractivity contribution in [2.75, 3.05) is 13.2 Å². The van der Waals surface area contributed by atoms with Crippen LogP contribution in [-0.2, 0) is 0 Å². The molecule has 102 valence electrons. The molecule has 0 radical (unpaired) electrons. The summed E-state index contributed by atoms with van der Waals surface area (Å²) in [6.45, 7) is 1.38. The predicted octanol–water partition coefficient (Wildman–Crippen LogP) is 1.85. The first-order valence-electron chi connectivity index (χ1n) is 7.43. The maximum Gasteiger partial charge on any atom is 0.0775 e. The van der Waals surface area contributed by atoms with Gasteiger partial charge in [-0.1, -0.05) is 11.6 Å².